The summed E-state index contributed by atoms with van der Waals surface area (Å²) in [4.78, 5) is 29.8. The minimum absolute atomic E-state index is 0.0808. The minimum atomic E-state index is -0.919. The number of halogens is 1. The third-order valence-corrected chi connectivity index (χ3v) is 4.58. The first-order chi connectivity index (χ1) is 12.1. The second-order valence-electron chi connectivity index (χ2n) is 6.18. The predicted octanol–water partition coefficient (Wildman–Crippen LogP) is 2.83. The van der Waals surface area contributed by atoms with Crippen LogP contribution in [0.25, 0.3) is 0 Å². The first-order valence-electron chi connectivity index (χ1n) is 8.23. The van der Waals surface area contributed by atoms with E-state index in [1.807, 2.05) is 0 Å². The topological polar surface area (TPSA) is 70.5 Å². The van der Waals surface area contributed by atoms with Crippen molar-refractivity contribution in [1.29, 1.82) is 0 Å². The predicted molar refractivity (Wildman–Crippen MR) is 89.2 cm³/mol. The Labute approximate surface area is 145 Å². The van der Waals surface area contributed by atoms with Crippen molar-refractivity contribution in [2.75, 3.05) is 6.54 Å². The van der Waals surface area contributed by atoms with Gasteiger partial charge >= 0.3 is 5.97 Å². The van der Waals surface area contributed by atoms with Crippen molar-refractivity contribution < 1.29 is 19.1 Å². The zero-order valence-corrected chi connectivity index (χ0v) is 13.6. The van der Waals surface area contributed by atoms with Gasteiger partial charge in [0.15, 0.2) is 0 Å². The van der Waals surface area contributed by atoms with E-state index in [1.165, 1.54) is 12.1 Å². The van der Waals surface area contributed by atoms with Gasteiger partial charge in [-0.1, -0.05) is 18.2 Å². The molecule has 0 aliphatic carbocycles. The van der Waals surface area contributed by atoms with Crippen molar-refractivity contribution in [3.05, 3.63) is 65.7 Å². The van der Waals surface area contributed by atoms with Gasteiger partial charge in [0.1, 0.15) is 5.82 Å². The van der Waals surface area contributed by atoms with Gasteiger partial charge < -0.3 is 10.0 Å². The highest BCUT2D eigenvalue weighted by atomic mass is 19.1. The maximum atomic E-state index is 13.4. The molecule has 0 bridgehead atoms. The van der Waals surface area contributed by atoms with Crippen LogP contribution in [0.3, 0.4) is 0 Å². The summed E-state index contributed by atoms with van der Waals surface area (Å²) >= 11 is 0. The molecule has 0 spiro atoms. The Bertz CT molecular complexity index is 766. The van der Waals surface area contributed by atoms with Gasteiger partial charge in [-0.05, 0) is 42.2 Å². The molecule has 1 aromatic heterocycles. The third kappa shape index (κ3) is 3.84. The summed E-state index contributed by atoms with van der Waals surface area (Å²) in [5, 5.41) is 9.59. The van der Waals surface area contributed by atoms with E-state index >= 15 is 0 Å². The minimum Gasteiger partial charge on any atom is -0.481 e. The van der Waals surface area contributed by atoms with Crippen molar-refractivity contribution in [2.45, 2.75) is 25.3 Å². The van der Waals surface area contributed by atoms with E-state index in [1.54, 1.807) is 41.6 Å². The first kappa shape index (κ1) is 17.1. The largest absolute Gasteiger partial charge is 0.481 e. The fourth-order valence-electron chi connectivity index (χ4n) is 3.38. The average molecular weight is 342 g/mol. The number of piperidine rings is 1. The Morgan fingerprint density at radius 2 is 2.16 bits per heavy atom. The lowest BCUT2D eigenvalue weighted by Gasteiger charge is -2.39. The van der Waals surface area contributed by atoms with Crippen LogP contribution >= 0.6 is 0 Å². The number of rotatable bonds is 5. The Kier molecular flexibility index (Phi) is 5.07. The summed E-state index contributed by atoms with van der Waals surface area (Å²) in [6.45, 7) is 0.339. The molecule has 1 aliphatic rings. The van der Waals surface area contributed by atoms with Crippen molar-refractivity contribution in [3.8, 4) is 0 Å². The summed E-state index contributed by atoms with van der Waals surface area (Å²) in [5.41, 5.74) is 1.48. The summed E-state index contributed by atoms with van der Waals surface area (Å²) in [7, 11) is 0. The second-order valence-corrected chi connectivity index (χ2v) is 6.18. The van der Waals surface area contributed by atoms with Crippen molar-refractivity contribution >= 4 is 11.9 Å². The van der Waals surface area contributed by atoms with E-state index in [9.17, 15) is 19.1 Å². The molecule has 2 heterocycles. The van der Waals surface area contributed by atoms with Gasteiger partial charge in [0.2, 0.25) is 5.91 Å². The quantitative estimate of drug-likeness (QED) is 0.907. The molecule has 1 saturated heterocycles. The van der Waals surface area contributed by atoms with Gasteiger partial charge in [0.25, 0.3) is 0 Å². The highest BCUT2D eigenvalue weighted by Gasteiger charge is 2.40. The molecule has 25 heavy (non-hydrogen) atoms. The molecule has 130 valence electrons. The van der Waals surface area contributed by atoms with E-state index in [2.05, 4.69) is 4.98 Å². The molecule has 1 amide bonds. The molecule has 2 atom stereocenters. The van der Waals surface area contributed by atoms with E-state index < -0.39 is 17.9 Å². The number of nitrogens with zero attached hydrogens (tertiary/aromatic N) is 2. The van der Waals surface area contributed by atoms with E-state index in [0.717, 1.165) is 5.56 Å². The molecule has 0 radical (unpaired) electrons. The molecule has 1 aromatic carbocycles. The van der Waals surface area contributed by atoms with Crippen LogP contribution in [0.2, 0.25) is 0 Å². The number of pyridine rings is 1. The number of carboxylic acid groups (broad SMARTS) is 1. The standard InChI is InChI=1S/C19H19FN2O3/c20-15-5-1-3-13(11-15)8-10-22-17(23)7-6-16(19(24)25)18(22)14-4-2-9-21-12-14/h1-5,9,11-12,16,18H,6-8,10H2,(H,24,25)/t16-,18+/m0/s1. The summed E-state index contributed by atoms with van der Waals surface area (Å²) in [6.07, 6.45) is 4.20. The molecular formula is C19H19FN2O3. The SMILES string of the molecule is O=C(O)[C@H]1CCC(=O)N(CCc2cccc(F)c2)[C@@H]1c1cccnc1. The normalized spacial score (nSPS) is 20.5. The fraction of sp³-hybridized carbons (Fsp3) is 0.316. The maximum absolute atomic E-state index is 13.4. The first-order valence-corrected chi connectivity index (χ1v) is 8.23. The van der Waals surface area contributed by atoms with Gasteiger partial charge in [-0.2, -0.15) is 0 Å². The van der Waals surface area contributed by atoms with Crippen LogP contribution in [0.15, 0.2) is 48.8 Å². The maximum Gasteiger partial charge on any atom is 0.308 e. The molecule has 3 rings (SSSR count). The molecule has 1 N–H and O–H groups in total. The van der Waals surface area contributed by atoms with Crippen LogP contribution in [0.5, 0.6) is 0 Å². The molecule has 1 aliphatic heterocycles. The number of carbonyl (C=O) groups excluding carboxylic acids is 1. The van der Waals surface area contributed by atoms with Crippen LogP contribution < -0.4 is 0 Å². The van der Waals surface area contributed by atoms with Gasteiger partial charge in [0.05, 0.1) is 12.0 Å². The zero-order chi connectivity index (χ0) is 17.8. The van der Waals surface area contributed by atoms with Gasteiger partial charge in [-0.3, -0.25) is 14.6 Å². The number of carbonyl (C=O) groups is 2. The summed E-state index contributed by atoms with van der Waals surface area (Å²) in [5.74, 6) is -2.00. The van der Waals surface area contributed by atoms with E-state index in [-0.39, 0.29) is 18.1 Å². The van der Waals surface area contributed by atoms with Gasteiger partial charge in [-0.15, -0.1) is 0 Å². The third-order valence-electron chi connectivity index (χ3n) is 4.58. The lowest BCUT2D eigenvalue weighted by molar-refractivity contribution is -0.152. The number of carboxylic acids is 1. The van der Waals surface area contributed by atoms with Crippen LogP contribution in [-0.2, 0) is 16.0 Å². The Balaban J connectivity index is 1.86. The van der Waals surface area contributed by atoms with Crippen molar-refractivity contribution in [3.63, 3.8) is 0 Å². The molecule has 0 saturated carbocycles. The summed E-state index contributed by atoms with van der Waals surface area (Å²) < 4.78 is 13.4. The molecule has 1 fully saturated rings. The van der Waals surface area contributed by atoms with E-state index in [4.69, 9.17) is 0 Å². The number of aliphatic carboxylic acids is 1. The number of hydrogen-bond donors (Lipinski definition) is 1. The van der Waals surface area contributed by atoms with Crippen LogP contribution in [0.1, 0.15) is 30.0 Å². The molecular weight excluding hydrogens is 323 g/mol. The zero-order valence-electron chi connectivity index (χ0n) is 13.6. The lowest BCUT2D eigenvalue weighted by Crippen LogP contribution is -2.46. The van der Waals surface area contributed by atoms with Crippen LogP contribution in [0, 0.1) is 11.7 Å². The monoisotopic (exact) mass is 342 g/mol. The van der Waals surface area contributed by atoms with Gasteiger partial charge in [-0.25, -0.2) is 4.39 Å². The second kappa shape index (κ2) is 7.42. The summed E-state index contributed by atoms with van der Waals surface area (Å²) in [6, 6.07) is 9.20. The highest BCUT2D eigenvalue weighted by Crippen LogP contribution is 2.36. The molecule has 2 aromatic rings. The van der Waals surface area contributed by atoms with E-state index in [0.29, 0.717) is 24.9 Å². The van der Waals surface area contributed by atoms with Crippen LogP contribution in [0.4, 0.5) is 4.39 Å². The van der Waals surface area contributed by atoms with Crippen molar-refractivity contribution in [1.82, 2.24) is 9.88 Å². The average Bonchev–Trinajstić information content (AvgIpc) is 2.61. The number of hydrogen-bond acceptors (Lipinski definition) is 3. The lowest BCUT2D eigenvalue weighted by atomic mass is 9.84. The molecule has 6 heteroatoms. The number of aromatic nitrogens is 1. The molecule has 5 nitrogen and oxygen atoms in total. The highest BCUT2D eigenvalue weighted by molar-refractivity contribution is 5.81. The Morgan fingerprint density at radius 3 is 2.84 bits per heavy atom. The molecule has 0 unspecified atom stereocenters. The Hall–Kier alpha value is -2.76. The number of benzene rings is 1. The van der Waals surface area contributed by atoms with Crippen LogP contribution in [-0.4, -0.2) is 33.4 Å². The van der Waals surface area contributed by atoms with Crippen molar-refractivity contribution in [2.24, 2.45) is 5.92 Å². The Morgan fingerprint density at radius 1 is 1.32 bits per heavy atom. The van der Waals surface area contributed by atoms with Gasteiger partial charge in [0, 0.05) is 25.4 Å². The fourth-order valence-corrected chi connectivity index (χ4v) is 3.38. The number of likely N-dealkylation sites (tertiary alicyclic amines) is 1. The number of amides is 1. The smallest absolute Gasteiger partial charge is 0.308 e.